The molecule has 1 amide bonds. The highest BCUT2D eigenvalue weighted by atomic mass is 16.2. The maximum absolute atomic E-state index is 12.1. The first-order valence-corrected chi connectivity index (χ1v) is 8.03. The molecular weight excluding hydrogens is 286 g/mol. The Bertz CT molecular complexity index is 586. The van der Waals surface area contributed by atoms with E-state index in [2.05, 4.69) is 34.2 Å². The summed E-state index contributed by atoms with van der Waals surface area (Å²) in [7, 11) is 2.03. The smallest absolute Gasteiger partial charge is 0.239 e. The lowest BCUT2D eigenvalue weighted by Gasteiger charge is -2.23. The van der Waals surface area contributed by atoms with Crippen molar-refractivity contribution in [3.63, 3.8) is 0 Å². The molecule has 2 aromatic carbocycles. The molecule has 23 heavy (non-hydrogen) atoms. The molecule has 0 spiro atoms. The largest absolute Gasteiger partial charge is 0.373 e. The lowest BCUT2D eigenvalue weighted by atomic mass is 10.3. The van der Waals surface area contributed by atoms with Gasteiger partial charge in [-0.05, 0) is 31.2 Å². The third kappa shape index (κ3) is 5.33. The van der Waals surface area contributed by atoms with Crippen molar-refractivity contribution in [2.45, 2.75) is 6.92 Å². The molecule has 0 saturated heterocycles. The fourth-order valence-corrected chi connectivity index (χ4v) is 2.43. The van der Waals surface area contributed by atoms with Gasteiger partial charge in [-0.2, -0.15) is 0 Å². The summed E-state index contributed by atoms with van der Waals surface area (Å²) < 4.78 is 0. The summed E-state index contributed by atoms with van der Waals surface area (Å²) in [5.74, 6) is 0.0529. The SMILES string of the molecule is CCN(CC(=O)NCCN(C)c1ccccc1)c1ccccc1. The highest BCUT2D eigenvalue weighted by Crippen LogP contribution is 2.12. The zero-order valence-corrected chi connectivity index (χ0v) is 13.9. The fourth-order valence-electron chi connectivity index (χ4n) is 2.43. The lowest BCUT2D eigenvalue weighted by molar-refractivity contribution is -0.119. The molecule has 0 unspecified atom stereocenters. The second kappa shape index (κ2) is 8.83. The third-order valence-corrected chi connectivity index (χ3v) is 3.80. The Labute approximate surface area is 138 Å². The summed E-state index contributed by atoms with van der Waals surface area (Å²) >= 11 is 0. The van der Waals surface area contributed by atoms with Crippen LogP contribution in [0.5, 0.6) is 0 Å². The predicted octanol–water partition coefficient (Wildman–Crippen LogP) is 2.77. The maximum atomic E-state index is 12.1. The van der Waals surface area contributed by atoms with Crippen molar-refractivity contribution in [1.29, 1.82) is 0 Å². The molecule has 0 radical (unpaired) electrons. The van der Waals surface area contributed by atoms with E-state index in [0.717, 1.165) is 24.5 Å². The van der Waals surface area contributed by atoms with E-state index in [1.807, 2.05) is 55.6 Å². The number of hydrogen-bond acceptors (Lipinski definition) is 3. The molecule has 2 aromatic rings. The molecule has 0 fully saturated rings. The van der Waals surface area contributed by atoms with Crippen molar-refractivity contribution in [2.24, 2.45) is 0 Å². The van der Waals surface area contributed by atoms with Gasteiger partial charge >= 0.3 is 0 Å². The van der Waals surface area contributed by atoms with Crippen molar-refractivity contribution >= 4 is 17.3 Å². The molecular formula is C19H25N3O. The average molecular weight is 311 g/mol. The molecule has 0 saturated carbocycles. The van der Waals surface area contributed by atoms with Crippen LogP contribution >= 0.6 is 0 Å². The number of carbonyl (C=O) groups excluding carboxylic acids is 1. The molecule has 0 aromatic heterocycles. The summed E-state index contributed by atoms with van der Waals surface area (Å²) in [6.07, 6.45) is 0. The van der Waals surface area contributed by atoms with Gasteiger partial charge in [0, 0.05) is 38.1 Å². The third-order valence-electron chi connectivity index (χ3n) is 3.80. The molecule has 0 heterocycles. The first-order valence-electron chi connectivity index (χ1n) is 8.03. The molecule has 122 valence electrons. The monoisotopic (exact) mass is 311 g/mol. The molecule has 0 atom stereocenters. The molecule has 0 aliphatic carbocycles. The van der Waals surface area contributed by atoms with Crippen LogP contribution in [0, 0.1) is 0 Å². The van der Waals surface area contributed by atoms with Crippen LogP contribution in [-0.4, -0.2) is 39.1 Å². The topological polar surface area (TPSA) is 35.6 Å². The van der Waals surface area contributed by atoms with Crippen LogP contribution in [0.4, 0.5) is 11.4 Å². The van der Waals surface area contributed by atoms with Gasteiger partial charge in [-0.25, -0.2) is 0 Å². The van der Waals surface area contributed by atoms with Crippen molar-refractivity contribution in [3.8, 4) is 0 Å². The number of benzene rings is 2. The van der Waals surface area contributed by atoms with E-state index in [4.69, 9.17) is 0 Å². The Balaban J connectivity index is 1.76. The molecule has 1 N–H and O–H groups in total. The summed E-state index contributed by atoms with van der Waals surface area (Å²) in [4.78, 5) is 16.3. The Kier molecular flexibility index (Phi) is 6.48. The Hall–Kier alpha value is -2.49. The lowest BCUT2D eigenvalue weighted by Crippen LogP contribution is -2.40. The highest BCUT2D eigenvalue weighted by molar-refractivity contribution is 5.81. The number of rotatable bonds is 8. The molecule has 0 aliphatic heterocycles. The summed E-state index contributed by atoms with van der Waals surface area (Å²) in [5, 5.41) is 3.00. The van der Waals surface area contributed by atoms with E-state index in [0.29, 0.717) is 13.1 Å². The van der Waals surface area contributed by atoms with Gasteiger partial charge in [-0.3, -0.25) is 4.79 Å². The van der Waals surface area contributed by atoms with Gasteiger partial charge in [0.1, 0.15) is 0 Å². The number of nitrogens with one attached hydrogen (secondary N) is 1. The second-order valence-corrected chi connectivity index (χ2v) is 5.46. The minimum absolute atomic E-state index is 0.0529. The Morgan fingerprint density at radius 2 is 1.52 bits per heavy atom. The van der Waals surface area contributed by atoms with Crippen molar-refractivity contribution in [1.82, 2.24) is 5.32 Å². The number of amides is 1. The quantitative estimate of drug-likeness (QED) is 0.814. The average Bonchev–Trinajstić information content (AvgIpc) is 2.61. The maximum Gasteiger partial charge on any atom is 0.239 e. The number of carbonyl (C=O) groups is 1. The van der Waals surface area contributed by atoms with Crippen molar-refractivity contribution < 1.29 is 4.79 Å². The number of para-hydroxylation sites is 2. The fraction of sp³-hybridized carbons (Fsp3) is 0.316. The molecule has 2 rings (SSSR count). The van der Waals surface area contributed by atoms with Crippen LogP contribution < -0.4 is 15.1 Å². The van der Waals surface area contributed by atoms with E-state index in [-0.39, 0.29) is 5.91 Å². The van der Waals surface area contributed by atoms with Gasteiger partial charge in [0.2, 0.25) is 5.91 Å². The van der Waals surface area contributed by atoms with Crippen molar-refractivity contribution in [3.05, 3.63) is 60.7 Å². The van der Waals surface area contributed by atoms with Crippen LogP contribution in [0.25, 0.3) is 0 Å². The molecule has 4 nitrogen and oxygen atoms in total. The second-order valence-electron chi connectivity index (χ2n) is 5.46. The number of likely N-dealkylation sites (N-methyl/N-ethyl adjacent to an activating group) is 2. The zero-order valence-electron chi connectivity index (χ0n) is 13.9. The summed E-state index contributed by atoms with van der Waals surface area (Å²) in [6.45, 7) is 4.67. The van der Waals surface area contributed by atoms with Gasteiger partial charge in [0.25, 0.3) is 0 Å². The summed E-state index contributed by atoms with van der Waals surface area (Å²) in [6, 6.07) is 20.2. The van der Waals surface area contributed by atoms with Gasteiger partial charge in [0.15, 0.2) is 0 Å². The van der Waals surface area contributed by atoms with Crippen LogP contribution in [0.15, 0.2) is 60.7 Å². The van der Waals surface area contributed by atoms with Crippen molar-refractivity contribution in [2.75, 3.05) is 43.0 Å². The first-order chi connectivity index (χ1) is 11.2. The first kappa shape index (κ1) is 16.9. The van der Waals surface area contributed by atoms with Crippen LogP contribution in [0.1, 0.15) is 6.92 Å². The van der Waals surface area contributed by atoms with Gasteiger partial charge in [-0.15, -0.1) is 0 Å². The Morgan fingerprint density at radius 3 is 2.09 bits per heavy atom. The zero-order chi connectivity index (χ0) is 16.5. The molecule has 4 heteroatoms. The summed E-state index contributed by atoms with van der Waals surface area (Å²) in [5.41, 5.74) is 2.23. The van der Waals surface area contributed by atoms with E-state index in [1.165, 1.54) is 0 Å². The van der Waals surface area contributed by atoms with Crippen LogP contribution in [0.2, 0.25) is 0 Å². The minimum Gasteiger partial charge on any atom is -0.373 e. The predicted molar refractivity (Wildman–Crippen MR) is 97.1 cm³/mol. The molecule has 0 aliphatic rings. The van der Waals surface area contributed by atoms with Gasteiger partial charge in [-0.1, -0.05) is 36.4 Å². The normalized spacial score (nSPS) is 10.2. The number of hydrogen-bond donors (Lipinski definition) is 1. The molecule has 0 bridgehead atoms. The number of nitrogens with zero attached hydrogens (tertiary/aromatic N) is 2. The van der Waals surface area contributed by atoms with Gasteiger partial charge < -0.3 is 15.1 Å². The van der Waals surface area contributed by atoms with Crippen LogP contribution in [0.3, 0.4) is 0 Å². The van der Waals surface area contributed by atoms with Crippen LogP contribution in [-0.2, 0) is 4.79 Å². The van der Waals surface area contributed by atoms with E-state index in [9.17, 15) is 4.79 Å². The van der Waals surface area contributed by atoms with E-state index >= 15 is 0 Å². The van der Waals surface area contributed by atoms with E-state index in [1.54, 1.807) is 0 Å². The van der Waals surface area contributed by atoms with E-state index < -0.39 is 0 Å². The standard InChI is InChI=1S/C19H25N3O/c1-3-22(18-12-8-5-9-13-18)16-19(23)20-14-15-21(2)17-10-6-4-7-11-17/h4-13H,3,14-16H2,1-2H3,(H,20,23). The number of anilines is 2. The minimum atomic E-state index is 0.0529. The van der Waals surface area contributed by atoms with Gasteiger partial charge in [0.05, 0.1) is 6.54 Å². The highest BCUT2D eigenvalue weighted by Gasteiger charge is 2.09. The Morgan fingerprint density at radius 1 is 0.957 bits per heavy atom.